The number of hydrogen-bond donors (Lipinski definition) is 1. The van der Waals surface area contributed by atoms with Crippen molar-refractivity contribution in [2.24, 2.45) is 5.92 Å². The predicted octanol–water partition coefficient (Wildman–Crippen LogP) is 5.08. The van der Waals surface area contributed by atoms with Crippen LogP contribution in [0, 0.1) is 31.1 Å². The standard InChI is InChI=1S/C23H28N4O2S/c1-15(2)14-27-16(3)11-18(17(27)4)12-19(13-24)22(28)25-20-9-7-8-10-21(20)30-23(29)26(5)6/h7-12,15H,14H2,1-6H3,(H,25,28)/b19-12-. The Morgan fingerprint density at radius 1 is 1.27 bits per heavy atom. The second-order valence-electron chi connectivity index (χ2n) is 7.71. The molecule has 158 valence electrons. The van der Waals surface area contributed by atoms with E-state index in [2.05, 4.69) is 23.7 Å². The summed E-state index contributed by atoms with van der Waals surface area (Å²) in [5.41, 5.74) is 3.47. The summed E-state index contributed by atoms with van der Waals surface area (Å²) in [6, 6.07) is 11.0. The van der Waals surface area contributed by atoms with Gasteiger partial charge in [-0.3, -0.25) is 9.59 Å². The van der Waals surface area contributed by atoms with Crippen LogP contribution in [0.5, 0.6) is 0 Å². The number of carbonyl (C=O) groups is 2. The van der Waals surface area contributed by atoms with Crippen molar-refractivity contribution in [3.8, 4) is 6.07 Å². The van der Waals surface area contributed by atoms with Crippen LogP contribution in [0.1, 0.15) is 30.8 Å². The van der Waals surface area contributed by atoms with Crippen molar-refractivity contribution in [3.05, 3.63) is 52.9 Å². The molecule has 1 aromatic heterocycles. The van der Waals surface area contributed by atoms with Crippen LogP contribution >= 0.6 is 11.8 Å². The molecule has 0 saturated heterocycles. The molecule has 0 saturated carbocycles. The van der Waals surface area contributed by atoms with Gasteiger partial charge in [0.1, 0.15) is 11.6 Å². The zero-order valence-corrected chi connectivity index (χ0v) is 19.1. The molecule has 2 aromatic rings. The average molecular weight is 425 g/mol. The smallest absolute Gasteiger partial charge is 0.286 e. The fourth-order valence-corrected chi connectivity index (χ4v) is 3.70. The molecule has 0 aliphatic carbocycles. The fraction of sp³-hybridized carbons (Fsp3) is 0.348. The molecule has 0 atom stereocenters. The summed E-state index contributed by atoms with van der Waals surface area (Å²) in [5, 5.41) is 12.2. The summed E-state index contributed by atoms with van der Waals surface area (Å²) < 4.78 is 2.20. The molecular weight excluding hydrogens is 396 g/mol. The first kappa shape index (κ1) is 23.3. The normalized spacial score (nSPS) is 11.3. The third kappa shape index (κ3) is 5.77. The second-order valence-corrected chi connectivity index (χ2v) is 8.71. The minimum Gasteiger partial charge on any atom is -0.348 e. The Morgan fingerprint density at radius 2 is 1.93 bits per heavy atom. The highest BCUT2D eigenvalue weighted by atomic mass is 32.2. The molecule has 6 nitrogen and oxygen atoms in total. The molecule has 1 aromatic carbocycles. The van der Waals surface area contributed by atoms with E-state index in [-0.39, 0.29) is 10.8 Å². The van der Waals surface area contributed by atoms with Gasteiger partial charge in [0, 0.05) is 36.9 Å². The van der Waals surface area contributed by atoms with Crippen molar-refractivity contribution in [2.75, 3.05) is 19.4 Å². The van der Waals surface area contributed by atoms with Crippen LogP contribution in [-0.4, -0.2) is 34.7 Å². The first-order chi connectivity index (χ1) is 14.1. The summed E-state index contributed by atoms with van der Waals surface area (Å²) in [5.74, 6) is -0.0132. The lowest BCUT2D eigenvalue weighted by atomic mass is 10.1. The highest BCUT2D eigenvalue weighted by molar-refractivity contribution is 8.13. The quantitative estimate of drug-likeness (QED) is 0.398. The van der Waals surface area contributed by atoms with Gasteiger partial charge < -0.3 is 14.8 Å². The number of amides is 2. The molecule has 0 aliphatic rings. The number of nitrogens with one attached hydrogen (secondary N) is 1. The van der Waals surface area contributed by atoms with Crippen molar-refractivity contribution < 1.29 is 9.59 Å². The summed E-state index contributed by atoms with van der Waals surface area (Å²) >= 11 is 1.02. The van der Waals surface area contributed by atoms with E-state index in [0.29, 0.717) is 16.5 Å². The minimum atomic E-state index is -0.503. The SMILES string of the molecule is Cc1cc(/C=C(/C#N)C(=O)Nc2ccccc2SC(=O)N(C)C)c(C)n1CC(C)C. The Kier molecular flexibility index (Phi) is 7.90. The maximum absolute atomic E-state index is 12.8. The zero-order valence-electron chi connectivity index (χ0n) is 18.3. The third-order valence-electron chi connectivity index (χ3n) is 4.52. The Hall–Kier alpha value is -2.98. The highest BCUT2D eigenvalue weighted by Gasteiger charge is 2.16. The van der Waals surface area contributed by atoms with Crippen LogP contribution < -0.4 is 5.32 Å². The summed E-state index contributed by atoms with van der Waals surface area (Å²) in [7, 11) is 3.34. The third-order valence-corrected chi connectivity index (χ3v) is 5.64. The topological polar surface area (TPSA) is 78.1 Å². The maximum Gasteiger partial charge on any atom is 0.286 e. The summed E-state index contributed by atoms with van der Waals surface area (Å²) in [4.78, 5) is 26.9. The number of aromatic nitrogens is 1. The monoisotopic (exact) mass is 424 g/mol. The van der Waals surface area contributed by atoms with Gasteiger partial charge in [0.25, 0.3) is 11.1 Å². The number of rotatable bonds is 6. The van der Waals surface area contributed by atoms with Crippen LogP contribution in [0.15, 0.2) is 40.8 Å². The van der Waals surface area contributed by atoms with Gasteiger partial charge in [-0.05, 0) is 61.4 Å². The number of anilines is 1. The molecule has 0 bridgehead atoms. The molecule has 1 N–H and O–H groups in total. The van der Waals surface area contributed by atoms with Crippen molar-refractivity contribution in [2.45, 2.75) is 39.1 Å². The zero-order chi connectivity index (χ0) is 22.4. The summed E-state index contributed by atoms with van der Waals surface area (Å²) in [6.07, 6.45) is 1.62. The van der Waals surface area contributed by atoms with Gasteiger partial charge in [-0.2, -0.15) is 5.26 Å². The maximum atomic E-state index is 12.8. The van der Waals surface area contributed by atoms with Gasteiger partial charge in [-0.15, -0.1) is 0 Å². The molecule has 30 heavy (non-hydrogen) atoms. The van der Waals surface area contributed by atoms with Gasteiger partial charge in [0.15, 0.2) is 0 Å². The molecule has 0 unspecified atom stereocenters. The molecule has 0 fully saturated rings. The second kappa shape index (κ2) is 10.2. The molecule has 0 aliphatic heterocycles. The number of carbonyl (C=O) groups excluding carboxylic acids is 2. The molecule has 1 heterocycles. The fourth-order valence-electron chi connectivity index (χ4n) is 2.96. The van der Waals surface area contributed by atoms with E-state index in [1.807, 2.05) is 26.0 Å². The number of nitrogens with zero attached hydrogens (tertiary/aromatic N) is 3. The van der Waals surface area contributed by atoms with E-state index in [0.717, 1.165) is 35.3 Å². The Morgan fingerprint density at radius 3 is 2.53 bits per heavy atom. The van der Waals surface area contributed by atoms with Gasteiger partial charge in [0.05, 0.1) is 5.69 Å². The van der Waals surface area contributed by atoms with Gasteiger partial charge in [-0.25, -0.2) is 0 Å². The predicted molar refractivity (Wildman–Crippen MR) is 122 cm³/mol. The van der Waals surface area contributed by atoms with Crippen LogP contribution in [0.2, 0.25) is 0 Å². The summed E-state index contributed by atoms with van der Waals surface area (Å²) in [6.45, 7) is 9.20. The van der Waals surface area contributed by atoms with Crippen LogP contribution in [0.4, 0.5) is 10.5 Å². The molecule has 0 spiro atoms. The van der Waals surface area contributed by atoms with Crippen molar-refractivity contribution in [3.63, 3.8) is 0 Å². The lowest BCUT2D eigenvalue weighted by molar-refractivity contribution is -0.112. The number of nitriles is 1. The first-order valence-corrected chi connectivity index (χ1v) is 10.5. The number of hydrogen-bond acceptors (Lipinski definition) is 4. The van der Waals surface area contributed by atoms with E-state index in [1.165, 1.54) is 4.90 Å². The highest BCUT2D eigenvalue weighted by Crippen LogP contribution is 2.29. The van der Waals surface area contributed by atoms with Crippen LogP contribution in [-0.2, 0) is 11.3 Å². The van der Waals surface area contributed by atoms with E-state index in [9.17, 15) is 14.9 Å². The van der Waals surface area contributed by atoms with Crippen molar-refractivity contribution in [1.82, 2.24) is 9.47 Å². The first-order valence-electron chi connectivity index (χ1n) is 9.72. The Bertz CT molecular complexity index is 1010. The number of aryl methyl sites for hydroxylation is 1. The van der Waals surface area contributed by atoms with E-state index < -0.39 is 5.91 Å². The molecule has 0 radical (unpaired) electrons. The molecular formula is C23H28N4O2S. The number of benzene rings is 1. The lowest BCUT2D eigenvalue weighted by Crippen LogP contribution is -2.17. The van der Waals surface area contributed by atoms with Crippen molar-refractivity contribution in [1.29, 1.82) is 5.26 Å². The molecule has 2 rings (SSSR count). The van der Waals surface area contributed by atoms with Gasteiger partial charge >= 0.3 is 0 Å². The van der Waals surface area contributed by atoms with E-state index >= 15 is 0 Å². The largest absolute Gasteiger partial charge is 0.348 e. The Labute approximate surface area is 182 Å². The van der Waals surface area contributed by atoms with E-state index in [1.54, 1.807) is 44.4 Å². The van der Waals surface area contributed by atoms with E-state index in [4.69, 9.17) is 0 Å². The Balaban J connectivity index is 2.29. The van der Waals surface area contributed by atoms with Crippen LogP contribution in [0.25, 0.3) is 6.08 Å². The van der Waals surface area contributed by atoms with Gasteiger partial charge in [0.2, 0.25) is 0 Å². The van der Waals surface area contributed by atoms with Crippen molar-refractivity contribution >= 4 is 34.7 Å². The number of thioether (sulfide) groups is 1. The van der Waals surface area contributed by atoms with Gasteiger partial charge in [-0.1, -0.05) is 26.0 Å². The lowest BCUT2D eigenvalue weighted by Gasteiger charge is -2.13. The molecule has 2 amide bonds. The number of para-hydroxylation sites is 1. The molecule has 7 heteroatoms. The van der Waals surface area contributed by atoms with Crippen LogP contribution in [0.3, 0.4) is 0 Å². The average Bonchev–Trinajstić information content (AvgIpc) is 2.94. The minimum absolute atomic E-state index is 0.0125.